The van der Waals surface area contributed by atoms with E-state index >= 15 is 0 Å². The number of nitrogens with one attached hydrogen (secondary N) is 3. The van der Waals surface area contributed by atoms with Crippen molar-refractivity contribution >= 4 is 29.6 Å². The Kier molecular flexibility index (Phi) is 7.40. The minimum absolute atomic E-state index is 0.165. The summed E-state index contributed by atoms with van der Waals surface area (Å²) in [7, 11) is 0. The van der Waals surface area contributed by atoms with Gasteiger partial charge in [-0.05, 0) is 25.0 Å². The van der Waals surface area contributed by atoms with Crippen LogP contribution in [0.3, 0.4) is 0 Å². The lowest BCUT2D eigenvalue weighted by Crippen LogP contribution is -2.55. The zero-order valence-electron chi connectivity index (χ0n) is 13.4. The molecule has 23 heavy (non-hydrogen) atoms. The average molecular weight is 338 g/mol. The SMILES string of the molecule is Cc1ccc(SCC(=O)NNC(=O)[C@@H](NC(N)=O)C(C)C)cc1. The normalized spacial score (nSPS) is 11.7. The lowest BCUT2D eigenvalue weighted by Gasteiger charge is -2.20. The number of primary amides is 1. The third kappa shape index (κ3) is 7.05. The quantitative estimate of drug-likeness (QED) is 0.456. The Hall–Kier alpha value is -2.22. The molecule has 1 atom stereocenters. The fourth-order valence-electron chi connectivity index (χ4n) is 1.72. The molecule has 0 aromatic heterocycles. The molecule has 1 aromatic carbocycles. The molecule has 0 unspecified atom stereocenters. The highest BCUT2D eigenvalue weighted by molar-refractivity contribution is 8.00. The van der Waals surface area contributed by atoms with Crippen molar-refractivity contribution in [1.82, 2.24) is 16.2 Å². The molecule has 0 fully saturated rings. The molecule has 8 heteroatoms. The summed E-state index contributed by atoms with van der Waals surface area (Å²) < 4.78 is 0. The summed E-state index contributed by atoms with van der Waals surface area (Å²) in [4.78, 5) is 35.5. The molecular formula is C15H22N4O3S. The van der Waals surface area contributed by atoms with Crippen LogP contribution in [0, 0.1) is 12.8 Å². The van der Waals surface area contributed by atoms with E-state index in [-0.39, 0.29) is 17.6 Å². The molecule has 5 N–H and O–H groups in total. The van der Waals surface area contributed by atoms with Gasteiger partial charge in [-0.25, -0.2) is 4.79 Å². The number of thioether (sulfide) groups is 1. The number of aryl methyl sites for hydroxylation is 1. The Morgan fingerprint density at radius 2 is 1.74 bits per heavy atom. The van der Waals surface area contributed by atoms with Crippen molar-refractivity contribution in [2.45, 2.75) is 31.7 Å². The first-order chi connectivity index (χ1) is 10.8. The van der Waals surface area contributed by atoms with E-state index in [4.69, 9.17) is 5.73 Å². The zero-order chi connectivity index (χ0) is 17.4. The smallest absolute Gasteiger partial charge is 0.312 e. The number of rotatable bonds is 6. The van der Waals surface area contributed by atoms with Crippen molar-refractivity contribution in [2.24, 2.45) is 11.7 Å². The standard InChI is InChI=1S/C15H22N4O3S/c1-9(2)13(17-15(16)22)14(21)19-18-12(20)8-23-11-6-4-10(3)5-7-11/h4-7,9,13H,8H2,1-3H3,(H,18,20)(H,19,21)(H3,16,17,22)/t13-/m0/s1. The van der Waals surface area contributed by atoms with Crippen molar-refractivity contribution in [1.29, 1.82) is 0 Å². The van der Waals surface area contributed by atoms with Gasteiger partial charge in [0.2, 0.25) is 5.91 Å². The zero-order valence-corrected chi connectivity index (χ0v) is 14.2. The summed E-state index contributed by atoms with van der Waals surface area (Å²) in [5.41, 5.74) is 10.8. The Labute approximate surface area is 139 Å². The van der Waals surface area contributed by atoms with Crippen LogP contribution in [0.2, 0.25) is 0 Å². The molecule has 1 aromatic rings. The van der Waals surface area contributed by atoms with Gasteiger partial charge in [0.25, 0.3) is 5.91 Å². The molecule has 0 radical (unpaired) electrons. The van der Waals surface area contributed by atoms with Gasteiger partial charge in [-0.3, -0.25) is 20.4 Å². The van der Waals surface area contributed by atoms with Gasteiger partial charge in [-0.2, -0.15) is 0 Å². The van der Waals surface area contributed by atoms with E-state index in [1.54, 1.807) is 13.8 Å². The van der Waals surface area contributed by atoms with Gasteiger partial charge in [0, 0.05) is 4.90 Å². The fraction of sp³-hybridized carbons (Fsp3) is 0.400. The molecule has 7 nitrogen and oxygen atoms in total. The number of benzene rings is 1. The molecule has 0 saturated heterocycles. The van der Waals surface area contributed by atoms with E-state index in [9.17, 15) is 14.4 Å². The Balaban J connectivity index is 2.40. The van der Waals surface area contributed by atoms with Crippen molar-refractivity contribution in [3.8, 4) is 0 Å². The number of carbonyl (C=O) groups excluding carboxylic acids is 3. The first kappa shape index (κ1) is 18.8. The largest absolute Gasteiger partial charge is 0.352 e. The highest BCUT2D eigenvalue weighted by atomic mass is 32.2. The van der Waals surface area contributed by atoms with Gasteiger partial charge in [0.1, 0.15) is 6.04 Å². The van der Waals surface area contributed by atoms with Crippen molar-refractivity contribution < 1.29 is 14.4 Å². The minimum Gasteiger partial charge on any atom is -0.352 e. The Morgan fingerprint density at radius 3 is 2.26 bits per heavy atom. The second-order valence-corrected chi connectivity index (χ2v) is 6.42. The summed E-state index contributed by atoms with van der Waals surface area (Å²) in [6.45, 7) is 5.51. The van der Waals surface area contributed by atoms with Gasteiger partial charge in [0.05, 0.1) is 5.75 Å². The molecule has 1 rings (SSSR count). The second-order valence-electron chi connectivity index (χ2n) is 5.37. The van der Waals surface area contributed by atoms with Crippen LogP contribution in [0.5, 0.6) is 0 Å². The van der Waals surface area contributed by atoms with Crippen LogP contribution in [0.15, 0.2) is 29.2 Å². The van der Waals surface area contributed by atoms with E-state index in [0.29, 0.717) is 0 Å². The van der Waals surface area contributed by atoms with Crippen molar-refractivity contribution in [3.05, 3.63) is 29.8 Å². The number of hydrazine groups is 1. The first-order valence-corrected chi connectivity index (χ1v) is 8.12. The topological polar surface area (TPSA) is 113 Å². The van der Waals surface area contributed by atoms with Gasteiger partial charge < -0.3 is 11.1 Å². The average Bonchev–Trinajstić information content (AvgIpc) is 2.49. The number of hydrogen-bond acceptors (Lipinski definition) is 4. The van der Waals surface area contributed by atoms with Crippen molar-refractivity contribution in [2.75, 3.05) is 5.75 Å². The monoisotopic (exact) mass is 338 g/mol. The summed E-state index contributed by atoms with van der Waals surface area (Å²) in [5.74, 6) is -0.863. The molecule has 0 bridgehead atoms. The molecule has 0 heterocycles. The van der Waals surface area contributed by atoms with Crippen molar-refractivity contribution in [3.63, 3.8) is 0 Å². The third-order valence-corrected chi connectivity index (χ3v) is 3.97. The van der Waals surface area contributed by atoms with Gasteiger partial charge in [-0.1, -0.05) is 31.5 Å². The predicted molar refractivity (Wildman–Crippen MR) is 89.5 cm³/mol. The number of nitrogens with two attached hydrogens (primary N) is 1. The maximum atomic E-state index is 11.9. The third-order valence-electron chi connectivity index (χ3n) is 2.96. The van der Waals surface area contributed by atoms with Gasteiger partial charge in [0.15, 0.2) is 0 Å². The maximum absolute atomic E-state index is 11.9. The summed E-state index contributed by atoms with van der Waals surface area (Å²) in [6.07, 6.45) is 0. The predicted octanol–water partition coefficient (Wildman–Crippen LogP) is 0.927. The fourth-order valence-corrected chi connectivity index (χ4v) is 2.42. The van der Waals surface area contributed by atoms with E-state index in [0.717, 1.165) is 10.5 Å². The van der Waals surface area contributed by atoms with E-state index in [1.807, 2.05) is 31.2 Å². The summed E-state index contributed by atoms with van der Waals surface area (Å²) >= 11 is 1.36. The highest BCUT2D eigenvalue weighted by Gasteiger charge is 2.23. The van der Waals surface area contributed by atoms with E-state index < -0.39 is 18.0 Å². The summed E-state index contributed by atoms with van der Waals surface area (Å²) in [6, 6.07) is 6.18. The van der Waals surface area contributed by atoms with Crippen LogP contribution in [0.25, 0.3) is 0 Å². The van der Waals surface area contributed by atoms with Crippen LogP contribution >= 0.6 is 11.8 Å². The molecule has 0 aliphatic heterocycles. The van der Waals surface area contributed by atoms with E-state index in [1.165, 1.54) is 11.8 Å². The number of hydrogen-bond donors (Lipinski definition) is 4. The van der Waals surface area contributed by atoms with Crippen LogP contribution in [0.1, 0.15) is 19.4 Å². The first-order valence-electron chi connectivity index (χ1n) is 7.13. The van der Waals surface area contributed by atoms with Crippen LogP contribution < -0.4 is 21.9 Å². The Morgan fingerprint density at radius 1 is 1.13 bits per heavy atom. The number of amides is 4. The number of urea groups is 1. The molecule has 4 amide bonds. The molecule has 0 saturated carbocycles. The van der Waals surface area contributed by atoms with Crippen LogP contribution in [0.4, 0.5) is 4.79 Å². The molecular weight excluding hydrogens is 316 g/mol. The van der Waals surface area contributed by atoms with Gasteiger partial charge in [-0.15, -0.1) is 11.8 Å². The number of carbonyl (C=O) groups is 3. The molecule has 0 aliphatic rings. The molecule has 0 aliphatic carbocycles. The van der Waals surface area contributed by atoms with E-state index in [2.05, 4.69) is 16.2 Å². The molecule has 126 valence electrons. The second kappa shape index (κ2) is 9.04. The van der Waals surface area contributed by atoms with Crippen LogP contribution in [-0.4, -0.2) is 29.6 Å². The lowest BCUT2D eigenvalue weighted by molar-refractivity contribution is -0.129. The lowest BCUT2D eigenvalue weighted by atomic mass is 10.0. The summed E-state index contributed by atoms with van der Waals surface area (Å²) in [5, 5.41) is 2.34. The van der Waals surface area contributed by atoms with Crippen LogP contribution in [-0.2, 0) is 9.59 Å². The highest BCUT2D eigenvalue weighted by Crippen LogP contribution is 2.17. The Bertz CT molecular complexity index is 560. The maximum Gasteiger partial charge on any atom is 0.312 e. The van der Waals surface area contributed by atoms with Gasteiger partial charge >= 0.3 is 6.03 Å². The minimum atomic E-state index is -0.808. The molecule has 0 spiro atoms.